The molecule has 4 rings (SSSR count). The number of hydrogen-bond acceptors (Lipinski definition) is 4. The number of benzene rings is 1. The fourth-order valence-electron chi connectivity index (χ4n) is 4.00. The van der Waals surface area contributed by atoms with E-state index in [0.29, 0.717) is 24.0 Å². The number of halogens is 2. The molecule has 2 N–H and O–H groups in total. The summed E-state index contributed by atoms with van der Waals surface area (Å²) >= 11 is 0. The summed E-state index contributed by atoms with van der Waals surface area (Å²) in [6.45, 7) is 8.12. The number of aryl methyl sites for hydroxylation is 2. The Morgan fingerprint density at radius 1 is 1.29 bits per heavy atom. The highest BCUT2D eigenvalue weighted by Crippen LogP contribution is 2.33. The van der Waals surface area contributed by atoms with Crippen LogP contribution in [0.15, 0.2) is 49.1 Å². The number of rotatable bonds is 5. The maximum Gasteiger partial charge on any atom is 0.291 e. The molecule has 0 unspecified atom stereocenters. The van der Waals surface area contributed by atoms with Crippen LogP contribution in [0.2, 0.25) is 0 Å². The molecule has 31 heavy (non-hydrogen) atoms. The molecule has 3 heterocycles. The molecule has 2 atom stereocenters. The molecule has 7 nitrogen and oxygen atoms in total. The molecule has 0 saturated heterocycles. The molecule has 2 amide bonds. The lowest BCUT2D eigenvalue weighted by molar-refractivity contribution is -0.118. The van der Waals surface area contributed by atoms with E-state index in [1.807, 2.05) is 6.08 Å². The normalized spacial score (nSPS) is 20.3. The van der Waals surface area contributed by atoms with Gasteiger partial charge in [0.15, 0.2) is 0 Å². The second kappa shape index (κ2) is 8.25. The van der Waals surface area contributed by atoms with Gasteiger partial charge in [0.1, 0.15) is 23.5 Å². The third-order valence-corrected chi connectivity index (χ3v) is 5.50. The first-order valence-electron chi connectivity index (χ1n) is 9.90. The molecule has 2 aromatic rings. The van der Waals surface area contributed by atoms with Crippen molar-refractivity contribution < 1.29 is 18.4 Å². The molecular weight excluding hydrogens is 404 g/mol. The molecular formula is C22H21F2N5O2. The van der Waals surface area contributed by atoms with Gasteiger partial charge in [0.25, 0.3) is 5.91 Å². The Labute approximate surface area is 177 Å². The van der Waals surface area contributed by atoms with Crippen molar-refractivity contribution in [1.29, 1.82) is 0 Å². The Bertz CT molecular complexity index is 1120. The monoisotopic (exact) mass is 425 g/mol. The smallest absolute Gasteiger partial charge is 0.291 e. The first kappa shape index (κ1) is 20.6. The van der Waals surface area contributed by atoms with Gasteiger partial charge in [-0.05, 0) is 36.5 Å². The molecule has 2 aliphatic rings. The summed E-state index contributed by atoms with van der Waals surface area (Å²) in [6.07, 6.45) is 6.43. The zero-order valence-corrected chi connectivity index (χ0v) is 16.7. The van der Waals surface area contributed by atoms with Gasteiger partial charge in [0, 0.05) is 18.5 Å². The molecule has 0 spiro atoms. The van der Waals surface area contributed by atoms with E-state index in [9.17, 15) is 18.4 Å². The Kier molecular flexibility index (Phi) is 5.50. The van der Waals surface area contributed by atoms with Crippen molar-refractivity contribution in [1.82, 2.24) is 20.1 Å². The minimum atomic E-state index is -0.930. The summed E-state index contributed by atoms with van der Waals surface area (Å²) in [4.78, 5) is 29.6. The molecule has 0 radical (unpaired) electrons. The molecule has 1 aromatic carbocycles. The number of aromatic nitrogens is 3. The second-order valence-electron chi connectivity index (χ2n) is 7.44. The van der Waals surface area contributed by atoms with Gasteiger partial charge in [0.2, 0.25) is 11.7 Å². The van der Waals surface area contributed by atoms with Crippen molar-refractivity contribution in [2.24, 2.45) is 0 Å². The van der Waals surface area contributed by atoms with Crippen molar-refractivity contribution >= 4 is 17.5 Å². The van der Waals surface area contributed by atoms with Gasteiger partial charge in [-0.25, -0.2) is 18.4 Å². The number of nitrogens with one attached hydrogen (secondary N) is 2. The molecule has 0 aliphatic carbocycles. The number of carbonyl (C=O) groups excluding carboxylic acids is 2. The van der Waals surface area contributed by atoms with Gasteiger partial charge in [0.05, 0.1) is 5.69 Å². The van der Waals surface area contributed by atoms with Crippen LogP contribution in [0.1, 0.15) is 40.8 Å². The maximum absolute atomic E-state index is 14.0. The van der Waals surface area contributed by atoms with Crippen molar-refractivity contribution in [2.45, 2.75) is 37.8 Å². The third-order valence-electron chi connectivity index (χ3n) is 5.50. The molecule has 160 valence electrons. The first-order chi connectivity index (χ1) is 14.9. The summed E-state index contributed by atoms with van der Waals surface area (Å²) in [7, 11) is 0. The van der Waals surface area contributed by atoms with Crippen molar-refractivity contribution in [3.8, 4) is 0 Å². The largest absolute Gasteiger partial charge is 0.337 e. The molecule has 1 aromatic heterocycles. The number of anilines is 1. The van der Waals surface area contributed by atoms with Crippen LogP contribution in [0.5, 0.6) is 0 Å². The van der Waals surface area contributed by atoms with Crippen molar-refractivity contribution in [3.05, 3.63) is 77.9 Å². The summed E-state index contributed by atoms with van der Waals surface area (Å²) in [5.41, 5.74) is 1.22. The lowest BCUT2D eigenvalue weighted by Gasteiger charge is -2.14. The average Bonchev–Trinajstić information content (AvgIpc) is 3.28. The van der Waals surface area contributed by atoms with Crippen LogP contribution >= 0.6 is 0 Å². The van der Waals surface area contributed by atoms with Crippen LogP contribution in [0, 0.1) is 11.6 Å². The van der Waals surface area contributed by atoms with Crippen LogP contribution in [0.25, 0.3) is 0 Å². The number of carbonyl (C=O) groups is 2. The quantitative estimate of drug-likeness (QED) is 0.721. The van der Waals surface area contributed by atoms with Gasteiger partial charge in [-0.1, -0.05) is 31.4 Å². The van der Waals surface area contributed by atoms with E-state index in [1.54, 1.807) is 16.8 Å². The molecule has 0 fully saturated rings. The summed E-state index contributed by atoms with van der Waals surface area (Å²) in [5.74, 6) is -2.20. The lowest BCUT2D eigenvalue weighted by atomic mass is 9.96. The van der Waals surface area contributed by atoms with Gasteiger partial charge >= 0.3 is 0 Å². The highest BCUT2D eigenvalue weighted by atomic mass is 19.1. The van der Waals surface area contributed by atoms with Crippen molar-refractivity contribution in [3.63, 3.8) is 0 Å². The fraction of sp³-hybridized carbons (Fsp3) is 0.273. The van der Waals surface area contributed by atoms with Crippen LogP contribution in [0.4, 0.5) is 14.5 Å². The number of hydrogen-bond donors (Lipinski definition) is 2. The standard InChI is InChI=1S/C22H21F2N5O2/c1-3-5-12(4-2)15-8-9-29-20(15)27-19(28-29)22(31)25-17-7-6-13-10-14(23)11-16(24)18(13)26-21(17)30/h3-5,10-11,15,17H,1-2,6-9H2,(H,25,31)(H,26,30)/b12-5+/t15-,17+/m1/s1. The van der Waals surface area contributed by atoms with Crippen LogP contribution in [0.3, 0.4) is 0 Å². The zero-order chi connectivity index (χ0) is 22.1. The highest BCUT2D eigenvalue weighted by molar-refractivity contribution is 6.00. The zero-order valence-electron chi connectivity index (χ0n) is 16.7. The van der Waals surface area contributed by atoms with Gasteiger partial charge in [-0.3, -0.25) is 9.59 Å². The fourth-order valence-corrected chi connectivity index (χ4v) is 4.00. The Hall–Kier alpha value is -3.62. The molecule has 0 saturated carbocycles. The van der Waals surface area contributed by atoms with Crippen LogP contribution in [-0.4, -0.2) is 32.6 Å². The Morgan fingerprint density at radius 3 is 2.84 bits per heavy atom. The van der Waals surface area contributed by atoms with Gasteiger partial charge in [-0.15, -0.1) is 5.10 Å². The molecule has 2 aliphatic heterocycles. The number of amides is 2. The Balaban J connectivity index is 1.50. The van der Waals surface area contributed by atoms with Crippen LogP contribution < -0.4 is 10.6 Å². The topological polar surface area (TPSA) is 88.9 Å². The third kappa shape index (κ3) is 3.90. The van der Waals surface area contributed by atoms with E-state index < -0.39 is 29.5 Å². The van der Waals surface area contributed by atoms with E-state index in [1.165, 1.54) is 6.07 Å². The van der Waals surface area contributed by atoms with E-state index in [-0.39, 0.29) is 30.3 Å². The van der Waals surface area contributed by atoms with E-state index in [2.05, 4.69) is 33.9 Å². The van der Waals surface area contributed by atoms with E-state index >= 15 is 0 Å². The minimum Gasteiger partial charge on any atom is -0.337 e. The molecule has 9 heteroatoms. The van der Waals surface area contributed by atoms with E-state index in [0.717, 1.165) is 12.0 Å². The predicted octanol–water partition coefficient (Wildman–Crippen LogP) is 3.03. The molecule has 0 bridgehead atoms. The van der Waals surface area contributed by atoms with E-state index in [4.69, 9.17) is 0 Å². The van der Waals surface area contributed by atoms with Crippen molar-refractivity contribution in [2.75, 3.05) is 5.32 Å². The number of allylic oxidation sites excluding steroid dienone is 4. The average molecular weight is 425 g/mol. The van der Waals surface area contributed by atoms with Gasteiger partial charge in [-0.2, -0.15) is 0 Å². The minimum absolute atomic E-state index is 0.0434. The number of nitrogens with zero attached hydrogens (tertiary/aromatic N) is 3. The second-order valence-corrected chi connectivity index (χ2v) is 7.44. The Morgan fingerprint density at radius 2 is 2.10 bits per heavy atom. The highest BCUT2D eigenvalue weighted by Gasteiger charge is 2.32. The SMILES string of the molecule is C=C/C=C(\C=C)[C@H]1CCn2nc(C(=O)N[C@H]3CCc4cc(F)cc(F)c4NC3=O)nc21. The predicted molar refractivity (Wildman–Crippen MR) is 110 cm³/mol. The number of fused-ring (bicyclic) bond motifs is 2. The lowest BCUT2D eigenvalue weighted by Crippen LogP contribution is -2.43. The van der Waals surface area contributed by atoms with Gasteiger partial charge < -0.3 is 10.6 Å². The first-order valence-corrected chi connectivity index (χ1v) is 9.90. The maximum atomic E-state index is 14.0. The van der Waals surface area contributed by atoms with Crippen LogP contribution in [-0.2, 0) is 17.8 Å². The summed E-state index contributed by atoms with van der Waals surface area (Å²) in [5, 5.41) is 9.31. The summed E-state index contributed by atoms with van der Waals surface area (Å²) in [6, 6.07) is 0.961. The summed E-state index contributed by atoms with van der Waals surface area (Å²) < 4.78 is 29.2.